The maximum absolute atomic E-state index is 12.1. The van der Waals surface area contributed by atoms with Crippen LogP contribution in [0.5, 0.6) is 0 Å². The van der Waals surface area contributed by atoms with Crippen LogP contribution in [0.3, 0.4) is 0 Å². The maximum Gasteiger partial charge on any atom is 0.225 e. The molecule has 0 aliphatic rings. The quantitative estimate of drug-likeness (QED) is 0.845. The average molecular weight is 272 g/mol. The fourth-order valence-electron chi connectivity index (χ4n) is 2.08. The monoisotopic (exact) mass is 272 g/mol. The van der Waals surface area contributed by atoms with Gasteiger partial charge in [0.2, 0.25) is 5.91 Å². The molecule has 1 heterocycles. The minimum absolute atomic E-state index is 0.0367. The highest BCUT2D eigenvalue weighted by atomic mass is 16.3. The van der Waals surface area contributed by atoms with Crippen molar-refractivity contribution in [2.24, 2.45) is 11.7 Å². The van der Waals surface area contributed by atoms with Gasteiger partial charge in [-0.2, -0.15) is 0 Å². The number of nitrogens with two attached hydrogens (primary N) is 1. The van der Waals surface area contributed by atoms with Gasteiger partial charge in [-0.25, -0.2) is 0 Å². The lowest BCUT2D eigenvalue weighted by Gasteiger charge is -2.14. The summed E-state index contributed by atoms with van der Waals surface area (Å²) in [6.07, 6.45) is 0.653. The van der Waals surface area contributed by atoms with Crippen molar-refractivity contribution in [3.8, 4) is 0 Å². The predicted octanol–water partition coefficient (Wildman–Crippen LogP) is 2.02. The third-order valence-electron chi connectivity index (χ3n) is 3.21. The van der Waals surface area contributed by atoms with Crippen molar-refractivity contribution in [2.45, 2.75) is 19.9 Å². The van der Waals surface area contributed by atoms with E-state index in [1.165, 1.54) is 0 Å². The zero-order valence-corrected chi connectivity index (χ0v) is 11.6. The summed E-state index contributed by atoms with van der Waals surface area (Å²) in [5.41, 5.74) is 6.83. The number of nitrogens with one attached hydrogen (secondary N) is 1. The van der Waals surface area contributed by atoms with E-state index < -0.39 is 0 Å². The molecular formula is C16H20N2O2. The van der Waals surface area contributed by atoms with Crippen LogP contribution < -0.4 is 11.1 Å². The Morgan fingerprint density at radius 2 is 2.00 bits per heavy atom. The highest BCUT2D eigenvalue weighted by Gasteiger charge is 2.17. The Hall–Kier alpha value is -2.07. The van der Waals surface area contributed by atoms with Gasteiger partial charge in [0.25, 0.3) is 0 Å². The van der Waals surface area contributed by atoms with Crippen LogP contribution in [0.1, 0.15) is 17.1 Å². The first kappa shape index (κ1) is 14.3. The van der Waals surface area contributed by atoms with Gasteiger partial charge < -0.3 is 15.5 Å². The second-order valence-corrected chi connectivity index (χ2v) is 4.85. The van der Waals surface area contributed by atoms with Crippen molar-refractivity contribution in [2.75, 3.05) is 6.54 Å². The normalized spacial score (nSPS) is 12.1. The minimum Gasteiger partial charge on any atom is -0.465 e. The van der Waals surface area contributed by atoms with E-state index >= 15 is 0 Å². The van der Waals surface area contributed by atoms with Crippen LogP contribution in [-0.2, 0) is 17.8 Å². The lowest BCUT2D eigenvalue weighted by atomic mass is 9.98. The SMILES string of the molecule is Cc1ccc(CNC(=O)C(CN)Cc2ccccc2)o1. The Bertz CT molecular complexity index is 549. The molecule has 4 nitrogen and oxygen atoms in total. The van der Waals surface area contributed by atoms with Crippen molar-refractivity contribution in [1.82, 2.24) is 5.32 Å². The van der Waals surface area contributed by atoms with Crippen molar-refractivity contribution < 1.29 is 9.21 Å². The molecule has 0 saturated carbocycles. The predicted molar refractivity (Wildman–Crippen MR) is 78.0 cm³/mol. The Balaban J connectivity index is 1.89. The van der Waals surface area contributed by atoms with Gasteiger partial charge in [0.15, 0.2) is 0 Å². The lowest BCUT2D eigenvalue weighted by Crippen LogP contribution is -2.35. The summed E-state index contributed by atoms with van der Waals surface area (Å²) < 4.78 is 5.42. The van der Waals surface area contributed by atoms with Gasteiger partial charge in [0, 0.05) is 6.54 Å². The summed E-state index contributed by atoms with van der Waals surface area (Å²) in [5, 5.41) is 2.87. The fourth-order valence-corrected chi connectivity index (χ4v) is 2.08. The molecule has 0 aliphatic heterocycles. The number of carbonyl (C=O) groups excluding carboxylic acids is 1. The molecule has 2 rings (SSSR count). The van der Waals surface area contributed by atoms with Crippen LogP contribution in [0.15, 0.2) is 46.9 Å². The number of amides is 1. The topological polar surface area (TPSA) is 68.3 Å². The van der Waals surface area contributed by atoms with E-state index in [4.69, 9.17) is 10.2 Å². The molecule has 1 aromatic carbocycles. The molecule has 3 N–H and O–H groups in total. The van der Waals surface area contributed by atoms with E-state index in [1.54, 1.807) is 0 Å². The lowest BCUT2D eigenvalue weighted by molar-refractivity contribution is -0.124. The van der Waals surface area contributed by atoms with Crippen LogP contribution in [-0.4, -0.2) is 12.5 Å². The molecule has 1 amide bonds. The van der Waals surface area contributed by atoms with Crippen LogP contribution in [0.25, 0.3) is 0 Å². The summed E-state index contributed by atoms with van der Waals surface area (Å²) in [4.78, 5) is 12.1. The standard InChI is InChI=1S/C16H20N2O2/c1-12-7-8-15(20-12)11-18-16(19)14(10-17)9-13-5-3-2-4-6-13/h2-8,14H,9-11,17H2,1H3,(H,18,19). The van der Waals surface area contributed by atoms with E-state index in [9.17, 15) is 4.79 Å². The van der Waals surface area contributed by atoms with Crippen molar-refractivity contribution in [3.63, 3.8) is 0 Å². The van der Waals surface area contributed by atoms with E-state index in [1.807, 2.05) is 49.4 Å². The average Bonchev–Trinajstić information content (AvgIpc) is 2.89. The first-order valence-electron chi connectivity index (χ1n) is 6.76. The van der Waals surface area contributed by atoms with Gasteiger partial charge in [0.1, 0.15) is 11.5 Å². The molecule has 0 saturated heterocycles. The van der Waals surface area contributed by atoms with Gasteiger partial charge in [0.05, 0.1) is 12.5 Å². The molecule has 0 aliphatic carbocycles. The molecule has 0 spiro atoms. The zero-order chi connectivity index (χ0) is 14.4. The molecule has 2 aromatic rings. The van der Waals surface area contributed by atoms with Gasteiger partial charge >= 0.3 is 0 Å². The van der Waals surface area contributed by atoms with Crippen LogP contribution in [0, 0.1) is 12.8 Å². The summed E-state index contributed by atoms with van der Waals surface area (Å²) in [5.74, 6) is 1.35. The van der Waals surface area contributed by atoms with Gasteiger partial charge in [-0.1, -0.05) is 30.3 Å². The number of hydrogen-bond donors (Lipinski definition) is 2. The van der Waals surface area contributed by atoms with Crippen molar-refractivity contribution in [3.05, 3.63) is 59.5 Å². The second-order valence-electron chi connectivity index (χ2n) is 4.85. The summed E-state index contributed by atoms with van der Waals surface area (Å²) in [6.45, 7) is 2.61. The van der Waals surface area contributed by atoms with Gasteiger partial charge in [-0.15, -0.1) is 0 Å². The summed E-state index contributed by atoms with van der Waals surface area (Å²) in [7, 11) is 0. The maximum atomic E-state index is 12.1. The third kappa shape index (κ3) is 3.96. The molecule has 106 valence electrons. The van der Waals surface area contributed by atoms with Crippen LogP contribution >= 0.6 is 0 Å². The number of furan rings is 1. The first-order valence-corrected chi connectivity index (χ1v) is 6.76. The van der Waals surface area contributed by atoms with E-state index in [0.29, 0.717) is 19.5 Å². The Morgan fingerprint density at radius 3 is 2.60 bits per heavy atom. The summed E-state index contributed by atoms with van der Waals surface area (Å²) >= 11 is 0. The molecule has 0 fully saturated rings. The molecular weight excluding hydrogens is 252 g/mol. The smallest absolute Gasteiger partial charge is 0.225 e. The van der Waals surface area contributed by atoms with E-state index in [0.717, 1.165) is 17.1 Å². The Morgan fingerprint density at radius 1 is 1.25 bits per heavy atom. The number of hydrogen-bond acceptors (Lipinski definition) is 3. The first-order chi connectivity index (χ1) is 9.69. The fraction of sp³-hybridized carbons (Fsp3) is 0.312. The number of carbonyl (C=O) groups is 1. The molecule has 1 aromatic heterocycles. The Kier molecular flexibility index (Phi) is 4.96. The van der Waals surface area contributed by atoms with Gasteiger partial charge in [-0.05, 0) is 31.0 Å². The van der Waals surface area contributed by atoms with E-state index in [2.05, 4.69) is 5.32 Å². The third-order valence-corrected chi connectivity index (χ3v) is 3.21. The molecule has 1 atom stereocenters. The summed E-state index contributed by atoms with van der Waals surface area (Å²) in [6, 6.07) is 13.6. The highest BCUT2D eigenvalue weighted by Crippen LogP contribution is 2.09. The zero-order valence-electron chi connectivity index (χ0n) is 11.6. The van der Waals surface area contributed by atoms with Crippen LogP contribution in [0.4, 0.5) is 0 Å². The second kappa shape index (κ2) is 6.91. The highest BCUT2D eigenvalue weighted by molar-refractivity contribution is 5.79. The van der Waals surface area contributed by atoms with Crippen LogP contribution in [0.2, 0.25) is 0 Å². The molecule has 1 unspecified atom stereocenters. The largest absolute Gasteiger partial charge is 0.465 e. The van der Waals surface area contributed by atoms with Crippen molar-refractivity contribution >= 4 is 5.91 Å². The van der Waals surface area contributed by atoms with Gasteiger partial charge in [-0.3, -0.25) is 4.79 Å². The minimum atomic E-state index is -0.214. The molecule has 0 bridgehead atoms. The number of rotatable bonds is 6. The number of benzene rings is 1. The molecule has 20 heavy (non-hydrogen) atoms. The molecule has 4 heteroatoms. The van der Waals surface area contributed by atoms with Crippen molar-refractivity contribution in [1.29, 1.82) is 0 Å². The molecule has 0 radical (unpaired) electrons. The Labute approximate surface area is 119 Å². The van der Waals surface area contributed by atoms with E-state index in [-0.39, 0.29) is 11.8 Å². The number of aryl methyl sites for hydroxylation is 1.